The first kappa shape index (κ1) is 14.1. The third-order valence-electron chi connectivity index (χ3n) is 1.59. The number of esters is 1. The van der Waals surface area contributed by atoms with Gasteiger partial charge in [0.25, 0.3) is 0 Å². The fourth-order valence-corrected chi connectivity index (χ4v) is 1.54. The lowest BCUT2D eigenvalue weighted by atomic mass is 10.3. The van der Waals surface area contributed by atoms with E-state index in [0.29, 0.717) is 0 Å². The maximum Gasteiger partial charge on any atom is 0.400 e. The molecule has 0 aromatic rings. The first-order chi connectivity index (χ1) is 7.64. The van der Waals surface area contributed by atoms with Crippen molar-refractivity contribution in [2.75, 3.05) is 13.2 Å². The van der Waals surface area contributed by atoms with Gasteiger partial charge in [0.05, 0.1) is 0 Å². The lowest BCUT2D eigenvalue weighted by Crippen LogP contribution is -2.36. The van der Waals surface area contributed by atoms with Gasteiger partial charge in [0.15, 0.2) is 6.61 Å². The van der Waals surface area contributed by atoms with Gasteiger partial charge >= 0.3 is 28.7 Å². The number of hydrogen-bond donors (Lipinski definition) is 0. The van der Waals surface area contributed by atoms with Crippen LogP contribution < -0.4 is 0 Å². The van der Waals surface area contributed by atoms with Crippen LogP contribution in [-0.4, -0.2) is 46.1 Å². The van der Waals surface area contributed by atoms with Gasteiger partial charge in [-0.25, -0.2) is 21.9 Å². The molecular formula is C6H6F4O6S. The van der Waals surface area contributed by atoms with Gasteiger partial charge in [0.1, 0.15) is 6.61 Å². The molecule has 0 amide bonds. The summed E-state index contributed by atoms with van der Waals surface area (Å²) in [4.78, 5) is 10.9. The van der Waals surface area contributed by atoms with Crippen LogP contribution in [0, 0.1) is 0 Å². The monoisotopic (exact) mass is 282 g/mol. The van der Waals surface area contributed by atoms with Crippen molar-refractivity contribution in [3.63, 3.8) is 0 Å². The van der Waals surface area contributed by atoms with Crippen LogP contribution in [0.5, 0.6) is 0 Å². The molecule has 0 aliphatic carbocycles. The second-order valence-corrected chi connectivity index (χ2v) is 4.19. The van der Waals surface area contributed by atoms with Crippen LogP contribution in [0.15, 0.2) is 0 Å². The van der Waals surface area contributed by atoms with Gasteiger partial charge in [-0.15, -0.1) is 0 Å². The molecule has 0 aromatic heterocycles. The van der Waals surface area contributed by atoms with Crippen molar-refractivity contribution < 1.29 is 43.9 Å². The summed E-state index contributed by atoms with van der Waals surface area (Å²) in [5, 5.41) is 0. The van der Waals surface area contributed by atoms with Crippen LogP contribution in [0.2, 0.25) is 0 Å². The molecule has 100 valence electrons. The highest BCUT2D eigenvalue weighted by Crippen LogP contribution is 2.23. The molecule has 17 heavy (non-hydrogen) atoms. The van der Waals surface area contributed by atoms with E-state index in [1.807, 2.05) is 0 Å². The third kappa shape index (κ3) is 3.78. The van der Waals surface area contributed by atoms with Gasteiger partial charge in [-0.1, -0.05) is 0 Å². The van der Waals surface area contributed by atoms with Gasteiger partial charge < -0.3 is 4.74 Å². The van der Waals surface area contributed by atoms with Crippen molar-refractivity contribution in [1.82, 2.24) is 0 Å². The van der Waals surface area contributed by atoms with E-state index in [1.165, 1.54) is 0 Å². The standard InChI is InChI=1S/C6H6F4O6S/c7-5(8)6(9,10)2-14-4(11)3-1-15-17(12,13)16-3/h3,5H,1-2H2. The molecule has 0 bridgehead atoms. The number of carbonyl (C=O) groups excluding carboxylic acids is 1. The lowest BCUT2D eigenvalue weighted by molar-refractivity contribution is -0.184. The number of carbonyl (C=O) groups is 1. The zero-order valence-electron chi connectivity index (χ0n) is 7.94. The van der Waals surface area contributed by atoms with Crippen molar-refractivity contribution in [2.24, 2.45) is 0 Å². The molecule has 1 heterocycles. The van der Waals surface area contributed by atoms with E-state index in [1.54, 1.807) is 0 Å². The topological polar surface area (TPSA) is 78.9 Å². The SMILES string of the molecule is O=C(OCC(F)(F)C(F)F)C1COS(=O)(=O)O1. The van der Waals surface area contributed by atoms with Crippen molar-refractivity contribution in [2.45, 2.75) is 18.5 Å². The molecule has 1 aliphatic heterocycles. The van der Waals surface area contributed by atoms with Crippen LogP contribution >= 0.6 is 0 Å². The number of alkyl halides is 4. The second-order valence-electron chi connectivity index (χ2n) is 2.95. The fraction of sp³-hybridized carbons (Fsp3) is 0.833. The largest absolute Gasteiger partial charge is 0.457 e. The summed E-state index contributed by atoms with van der Waals surface area (Å²) in [5.74, 6) is -6.03. The molecular weight excluding hydrogens is 276 g/mol. The molecule has 0 spiro atoms. The van der Waals surface area contributed by atoms with Gasteiger partial charge in [0.2, 0.25) is 6.10 Å². The molecule has 1 aliphatic rings. The average Bonchev–Trinajstić information content (AvgIpc) is 2.55. The minimum Gasteiger partial charge on any atom is -0.457 e. The van der Waals surface area contributed by atoms with Gasteiger partial charge in [-0.3, -0.25) is 0 Å². The Labute approximate surface area is 92.8 Å². The molecule has 6 nitrogen and oxygen atoms in total. The quantitative estimate of drug-likeness (QED) is 0.537. The van der Waals surface area contributed by atoms with Crippen LogP contribution in [0.1, 0.15) is 0 Å². The van der Waals surface area contributed by atoms with E-state index in [0.717, 1.165) is 0 Å². The number of rotatable bonds is 4. The summed E-state index contributed by atoms with van der Waals surface area (Å²) < 4.78 is 80.8. The Morgan fingerprint density at radius 2 is 2.06 bits per heavy atom. The first-order valence-electron chi connectivity index (χ1n) is 4.04. The van der Waals surface area contributed by atoms with E-state index in [-0.39, 0.29) is 0 Å². The second kappa shape index (κ2) is 4.74. The van der Waals surface area contributed by atoms with Crippen molar-refractivity contribution in [1.29, 1.82) is 0 Å². The molecule has 0 saturated carbocycles. The minimum atomic E-state index is -4.51. The summed E-state index contributed by atoms with van der Waals surface area (Å²) in [6, 6.07) is 0. The number of hydrogen-bond acceptors (Lipinski definition) is 6. The van der Waals surface area contributed by atoms with Gasteiger partial charge in [-0.2, -0.15) is 17.2 Å². The lowest BCUT2D eigenvalue weighted by Gasteiger charge is -2.15. The Bertz CT molecular complexity index is 393. The Balaban J connectivity index is 2.47. The molecule has 1 rings (SSSR count). The zero-order chi connectivity index (χ0) is 13.3. The highest BCUT2D eigenvalue weighted by atomic mass is 32.3. The maximum atomic E-state index is 12.3. The third-order valence-corrected chi connectivity index (χ3v) is 2.48. The predicted molar refractivity (Wildman–Crippen MR) is 41.7 cm³/mol. The predicted octanol–water partition coefficient (Wildman–Crippen LogP) is 0.0902. The average molecular weight is 282 g/mol. The maximum absolute atomic E-state index is 12.3. The van der Waals surface area contributed by atoms with E-state index in [9.17, 15) is 30.8 Å². The smallest absolute Gasteiger partial charge is 0.400 e. The van der Waals surface area contributed by atoms with Crippen molar-refractivity contribution in [3.05, 3.63) is 0 Å². The van der Waals surface area contributed by atoms with Crippen molar-refractivity contribution in [3.8, 4) is 0 Å². The van der Waals surface area contributed by atoms with Crippen LogP contribution in [-0.2, 0) is 28.3 Å². The zero-order valence-corrected chi connectivity index (χ0v) is 8.76. The Hall–Kier alpha value is -0.940. The Kier molecular flexibility index (Phi) is 3.94. The molecule has 0 radical (unpaired) electrons. The van der Waals surface area contributed by atoms with E-state index >= 15 is 0 Å². The molecule has 1 saturated heterocycles. The molecule has 0 aromatic carbocycles. The highest BCUT2D eigenvalue weighted by Gasteiger charge is 2.44. The van der Waals surface area contributed by atoms with E-state index in [4.69, 9.17) is 0 Å². The molecule has 1 unspecified atom stereocenters. The Morgan fingerprint density at radius 1 is 1.47 bits per heavy atom. The van der Waals surface area contributed by atoms with Crippen LogP contribution in [0.4, 0.5) is 17.6 Å². The highest BCUT2D eigenvalue weighted by molar-refractivity contribution is 7.82. The van der Waals surface area contributed by atoms with Crippen molar-refractivity contribution >= 4 is 16.4 Å². The summed E-state index contributed by atoms with van der Waals surface area (Å²) in [5.41, 5.74) is 0. The van der Waals surface area contributed by atoms with Crippen LogP contribution in [0.25, 0.3) is 0 Å². The van der Waals surface area contributed by atoms with Crippen LogP contribution in [0.3, 0.4) is 0 Å². The summed E-state index contributed by atoms with van der Waals surface area (Å²) >= 11 is 0. The number of halogens is 4. The van der Waals surface area contributed by atoms with Gasteiger partial charge in [0, 0.05) is 0 Å². The van der Waals surface area contributed by atoms with Gasteiger partial charge in [-0.05, 0) is 0 Å². The normalized spacial score (nSPS) is 23.9. The molecule has 0 N–H and O–H groups in total. The Morgan fingerprint density at radius 3 is 2.47 bits per heavy atom. The molecule has 11 heteroatoms. The first-order valence-corrected chi connectivity index (χ1v) is 5.37. The van der Waals surface area contributed by atoms with E-state index in [2.05, 4.69) is 13.1 Å². The summed E-state index contributed by atoms with van der Waals surface area (Å²) in [7, 11) is -4.35. The van der Waals surface area contributed by atoms with E-state index < -0.39 is 48.0 Å². The molecule has 1 atom stereocenters. The number of ether oxygens (including phenoxy) is 1. The minimum absolute atomic E-state index is 0.749. The summed E-state index contributed by atoms with van der Waals surface area (Å²) in [6.45, 7) is -2.62. The summed E-state index contributed by atoms with van der Waals surface area (Å²) in [6.07, 6.45) is -5.76. The fourth-order valence-electron chi connectivity index (χ4n) is 0.774. The molecule has 1 fully saturated rings.